The predicted molar refractivity (Wildman–Crippen MR) is 64.5 cm³/mol. The first-order chi connectivity index (χ1) is 7.15. The molecule has 3 heteroatoms. The molecule has 15 heavy (non-hydrogen) atoms. The van der Waals surface area contributed by atoms with Gasteiger partial charge in [0.2, 0.25) is 5.91 Å². The molecule has 0 atom stereocenters. The summed E-state index contributed by atoms with van der Waals surface area (Å²) in [6.45, 7) is 2.01. The number of amides is 1. The molecule has 0 saturated heterocycles. The number of nitrogens with zero attached hydrogens (tertiary/aromatic N) is 1. The number of carbonyl (C=O) groups excluding carboxylic acids is 1. The quantitative estimate of drug-likeness (QED) is 0.722. The van der Waals surface area contributed by atoms with Gasteiger partial charge in [-0.3, -0.25) is 4.79 Å². The van der Waals surface area contributed by atoms with Crippen molar-refractivity contribution in [1.82, 2.24) is 0 Å². The number of benzene rings is 1. The molecule has 0 bridgehead atoms. The predicted octanol–water partition coefficient (Wildman–Crippen LogP) is 2.98. The van der Waals surface area contributed by atoms with Gasteiger partial charge in [-0.05, 0) is 31.0 Å². The number of rotatable bonds is 4. The first kappa shape index (κ1) is 12.1. The number of hydrogen-bond donors (Lipinski definition) is 0. The average molecular weight is 226 g/mol. The standard InChI is InChI=1S/C12H16ClNO/c1-10-5-3-6-11(9-10)14(2)12(15)7-4-8-13/h3,5-6,9H,4,7-8H2,1-2H3. The van der Waals surface area contributed by atoms with Crippen LogP contribution in [-0.4, -0.2) is 18.8 Å². The number of halogens is 1. The molecule has 0 aliphatic heterocycles. The lowest BCUT2D eigenvalue weighted by Gasteiger charge is -2.17. The average Bonchev–Trinajstić information content (AvgIpc) is 2.24. The fourth-order valence-corrected chi connectivity index (χ4v) is 1.50. The van der Waals surface area contributed by atoms with Crippen molar-refractivity contribution < 1.29 is 4.79 Å². The van der Waals surface area contributed by atoms with Crippen molar-refractivity contribution in [2.45, 2.75) is 19.8 Å². The largest absolute Gasteiger partial charge is 0.315 e. The Morgan fingerprint density at radius 3 is 2.80 bits per heavy atom. The Morgan fingerprint density at radius 1 is 1.47 bits per heavy atom. The van der Waals surface area contributed by atoms with Crippen LogP contribution in [0, 0.1) is 6.92 Å². The highest BCUT2D eigenvalue weighted by atomic mass is 35.5. The first-order valence-electron chi connectivity index (χ1n) is 5.04. The van der Waals surface area contributed by atoms with Gasteiger partial charge < -0.3 is 4.90 Å². The van der Waals surface area contributed by atoms with Gasteiger partial charge in [-0.1, -0.05) is 12.1 Å². The first-order valence-corrected chi connectivity index (χ1v) is 5.58. The molecule has 82 valence electrons. The second kappa shape index (κ2) is 5.76. The van der Waals surface area contributed by atoms with Crippen molar-refractivity contribution in [2.24, 2.45) is 0 Å². The molecule has 0 aliphatic carbocycles. The van der Waals surface area contributed by atoms with Gasteiger partial charge in [0.05, 0.1) is 0 Å². The highest BCUT2D eigenvalue weighted by Gasteiger charge is 2.09. The van der Waals surface area contributed by atoms with Gasteiger partial charge in [-0.25, -0.2) is 0 Å². The number of alkyl halides is 1. The van der Waals surface area contributed by atoms with Crippen molar-refractivity contribution in [3.63, 3.8) is 0 Å². The minimum atomic E-state index is 0.112. The van der Waals surface area contributed by atoms with Crippen LogP contribution < -0.4 is 4.90 Å². The molecule has 0 heterocycles. The molecule has 1 rings (SSSR count). The summed E-state index contributed by atoms with van der Waals surface area (Å²) in [7, 11) is 1.80. The smallest absolute Gasteiger partial charge is 0.226 e. The van der Waals surface area contributed by atoms with Crippen molar-refractivity contribution in [1.29, 1.82) is 0 Å². The maximum absolute atomic E-state index is 11.7. The summed E-state index contributed by atoms with van der Waals surface area (Å²) in [6, 6.07) is 7.90. The summed E-state index contributed by atoms with van der Waals surface area (Å²) in [5.41, 5.74) is 2.10. The van der Waals surface area contributed by atoms with Gasteiger partial charge in [-0.15, -0.1) is 11.6 Å². The molecule has 0 fully saturated rings. The van der Waals surface area contributed by atoms with Gasteiger partial charge in [0, 0.05) is 25.0 Å². The van der Waals surface area contributed by atoms with E-state index in [0.717, 1.165) is 17.7 Å². The molecule has 1 amide bonds. The fraction of sp³-hybridized carbons (Fsp3) is 0.417. The topological polar surface area (TPSA) is 20.3 Å². The minimum Gasteiger partial charge on any atom is -0.315 e. The molecular formula is C12H16ClNO. The number of anilines is 1. The molecule has 0 aromatic heterocycles. The molecule has 0 aliphatic rings. The van der Waals surface area contributed by atoms with Crippen LogP contribution in [0.1, 0.15) is 18.4 Å². The van der Waals surface area contributed by atoms with Crippen LogP contribution >= 0.6 is 11.6 Å². The molecule has 0 N–H and O–H groups in total. The maximum Gasteiger partial charge on any atom is 0.226 e. The second-order valence-electron chi connectivity index (χ2n) is 3.58. The monoisotopic (exact) mass is 225 g/mol. The van der Waals surface area contributed by atoms with E-state index in [1.807, 2.05) is 31.2 Å². The molecule has 1 aromatic carbocycles. The van der Waals surface area contributed by atoms with Crippen LogP contribution in [0.2, 0.25) is 0 Å². The van der Waals surface area contributed by atoms with Crippen LogP contribution in [0.25, 0.3) is 0 Å². The SMILES string of the molecule is Cc1cccc(N(C)C(=O)CCCCl)c1. The van der Waals surface area contributed by atoms with E-state index in [4.69, 9.17) is 11.6 Å². The van der Waals surface area contributed by atoms with Crippen molar-refractivity contribution >= 4 is 23.2 Å². The fourth-order valence-electron chi connectivity index (χ4n) is 1.37. The van der Waals surface area contributed by atoms with Gasteiger partial charge >= 0.3 is 0 Å². The zero-order valence-electron chi connectivity index (χ0n) is 9.16. The van der Waals surface area contributed by atoms with Crippen LogP contribution in [0.4, 0.5) is 5.69 Å². The summed E-state index contributed by atoms with van der Waals surface area (Å²) in [5.74, 6) is 0.647. The van der Waals surface area contributed by atoms with Crippen molar-refractivity contribution in [3.05, 3.63) is 29.8 Å². The van der Waals surface area contributed by atoms with Gasteiger partial charge in [0.25, 0.3) is 0 Å². The third-order valence-electron chi connectivity index (χ3n) is 2.29. The minimum absolute atomic E-state index is 0.112. The van der Waals surface area contributed by atoms with Crippen LogP contribution in [0.15, 0.2) is 24.3 Å². The molecule has 2 nitrogen and oxygen atoms in total. The Kier molecular flexibility index (Phi) is 4.63. The molecule has 0 radical (unpaired) electrons. The number of carbonyl (C=O) groups is 1. The van der Waals surface area contributed by atoms with E-state index in [2.05, 4.69) is 0 Å². The molecule has 0 unspecified atom stereocenters. The summed E-state index contributed by atoms with van der Waals surface area (Å²) in [6.07, 6.45) is 1.24. The van der Waals surface area contributed by atoms with E-state index in [-0.39, 0.29) is 5.91 Å². The van der Waals surface area contributed by atoms with E-state index in [9.17, 15) is 4.79 Å². The van der Waals surface area contributed by atoms with Gasteiger partial charge in [0.1, 0.15) is 0 Å². The highest BCUT2D eigenvalue weighted by molar-refractivity contribution is 6.18. The Bertz CT molecular complexity index is 338. The van der Waals surface area contributed by atoms with Gasteiger partial charge in [-0.2, -0.15) is 0 Å². The van der Waals surface area contributed by atoms with E-state index in [0.29, 0.717) is 12.3 Å². The summed E-state index contributed by atoms with van der Waals surface area (Å²) < 4.78 is 0. The number of hydrogen-bond acceptors (Lipinski definition) is 1. The third kappa shape index (κ3) is 3.56. The van der Waals surface area contributed by atoms with Crippen molar-refractivity contribution in [3.8, 4) is 0 Å². The molecule has 1 aromatic rings. The zero-order chi connectivity index (χ0) is 11.3. The Morgan fingerprint density at radius 2 is 2.20 bits per heavy atom. The normalized spacial score (nSPS) is 10.1. The Labute approximate surface area is 95.8 Å². The van der Waals surface area contributed by atoms with E-state index in [1.54, 1.807) is 11.9 Å². The van der Waals surface area contributed by atoms with Gasteiger partial charge in [0.15, 0.2) is 0 Å². The van der Waals surface area contributed by atoms with E-state index in [1.165, 1.54) is 0 Å². The second-order valence-corrected chi connectivity index (χ2v) is 3.96. The van der Waals surface area contributed by atoms with Crippen molar-refractivity contribution in [2.75, 3.05) is 17.8 Å². The lowest BCUT2D eigenvalue weighted by molar-refractivity contribution is -0.118. The Hall–Kier alpha value is -1.02. The van der Waals surface area contributed by atoms with Crippen LogP contribution in [0.3, 0.4) is 0 Å². The molecular weight excluding hydrogens is 210 g/mol. The highest BCUT2D eigenvalue weighted by Crippen LogP contribution is 2.15. The Balaban J connectivity index is 2.67. The lowest BCUT2D eigenvalue weighted by atomic mass is 10.2. The van der Waals surface area contributed by atoms with E-state index >= 15 is 0 Å². The number of aryl methyl sites for hydroxylation is 1. The lowest BCUT2D eigenvalue weighted by Crippen LogP contribution is -2.25. The van der Waals surface area contributed by atoms with Crippen LogP contribution in [-0.2, 0) is 4.79 Å². The third-order valence-corrected chi connectivity index (χ3v) is 2.55. The summed E-state index contributed by atoms with van der Waals surface area (Å²) >= 11 is 5.55. The zero-order valence-corrected chi connectivity index (χ0v) is 9.92. The summed E-state index contributed by atoms with van der Waals surface area (Å²) in [4.78, 5) is 13.4. The maximum atomic E-state index is 11.7. The molecule has 0 saturated carbocycles. The van der Waals surface area contributed by atoms with E-state index < -0.39 is 0 Å². The molecule has 0 spiro atoms. The van der Waals surface area contributed by atoms with Crippen LogP contribution in [0.5, 0.6) is 0 Å². The summed E-state index contributed by atoms with van der Waals surface area (Å²) in [5, 5.41) is 0.